The van der Waals surface area contributed by atoms with E-state index in [0.717, 1.165) is 25.6 Å². The lowest BCUT2D eigenvalue weighted by Gasteiger charge is -2.33. The van der Waals surface area contributed by atoms with E-state index in [1.165, 1.54) is 44.0 Å². The maximum Gasteiger partial charge on any atom is 0.270 e. The molecule has 1 aliphatic rings. The molecular weight excluding hydrogens is 408 g/mol. The number of non-ortho nitro benzene ring substituents is 1. The van der Waals surface area contributed by atoms with Crippen LogP contribution in [0.2, 0.25) is 0 Å². The van der Waals surface area contributed by atoms with Crippen molar-refractivity contribution >= 4 is 21.7 Å². The Bertz CT molecular complexity index is 830. The average molecular weight is 441 g/mol. The van der Waals surface area contributed by atoms with E-state index in [-0.39, 0.29) is 17.1 Å². The molecule has 1 atom stereocenters. The topological polar surface area (TPSA) is 129 Å². The number of nitro groups is 1. The monoisotopic (exact) mass is 440 g/mol. The summed E-state index contributed by atoms with van der Waals surface area (Å²) in [6.45, 7) is 5.73. The summed E-state index contributed by atoms with van der Waals surface area (Å²) in [4.78, 5) is 16.7. The number of sulfonamides is 1. The van der Waals surface area contributed by atoms with Gasteiger partial charge in [-0.1, -0.05) is 12.5 Å². The number of hydrogen-bond acceptors (Lipinski definition) is 6. The van der Waals surface area contributed by atoms with E-state index in [1.807, 2.05) is 0 Å². The number of piperidine rings is 1. The molecule has 1 aromatic carbocycles. The summed E-state index contributed by atoms with van der Waals surface area (Å²) in [5.74, 6) is 0.608. The van der Waals surface area contributed by atoms with E-state index in [2.05, 4.69) is 32.2 Å². The van der Waals surface area contributed by atoms with Gasteiger partial charge in [-0.25, -0.2) is 13.1 Å². The summed E-state index contributed by atoms with van der Waals surface area (Å²) < 4.78 is 27.0. The smallest absolute Gasteiger partial charge is 0.270 e. The van der Waals surface area contributed by atoms with E-state index < -0.39 is 14.9 Å². The maximum atomic E-state index is 12.3. The van der Waals surface area contributed by atoms with Crippen molar-refractivity contribution in [3.05, 3.63) is 34.4 Å². The second-order valence-corrected chi connectivity index (χ2v) is 9.08. The predicted molar refractivity (Wildman–Crippen MR) is 117 cm³/mol. The highest BCUT2D eigenvalue weighted by atomic mass is 32.2. The molecule has 1 aromatic rings. The number of benzene rings is 1. The molecule has 0 amide bonds. The van der Waals surface area contributed by atoms with Crippen LogP contribution in [-0.2, 0) is 10.0 Å². The molecule has 1 unspecified atom stereocenters. The van der Waals surface area contributed by atoms with Gasteiger partial charge in [0.15, 0.2) is 5.96 Å². The van der Waals surface area contributed by atoms with E-state index in [9.17, 15) is 18.5 Å². The van der Waals surface area contributed by atoms with E-state index in [0.29, 0.717) is 18.5 Å². The summed E-state index contributed by atoms with van der Waals surface area (Å²) in [6.07, 6.45) is 4.86. The van der Waals surface area contributed by atoms with Crippen LogP contribution >= 0.6 is 0 Å². The molecular formula is C19H32N6O4S. The summed E-state index contributed by atoms with van der Waals surface area (Å²) in [7, 11) is -2.16. The second kappa shape index (κ2) is 11.8. The van der Waals surface area contributed by atoms with Gasteiger partial charge in [-0.15, -0.1) is 0 Å². The molecule has 1 fully saturated rings. The Morgan fingerprint density at radius 2 is 2.03 bits per heavy atom. The second-order valence-electron chi connectivity index (χ2n) is 7.31. The lowest BCUT2D eigenvalue weighted by Crippen LogP contribution is -2.43. The van der Waals surface area contributed by atoms with E-state index in [1.54, 1.807) is 7.05 Å². The van der Waals surface area contributed by atoms with Crippen molar-refractivity contribution in [3.8, 4) is 0 Å². The Kier molecular flexibility index (Phi) is 9.47. The summed E-state index contributed by atoms with van der Waals surface area (Å²) >= 11 is 0. The van der Waals surface area contributed by atoms with Gasteiger partial charge in [0, 0.05) is 51.4 Å². The first-order valence-electron chi connectivity index (χ1n) is 10.3. The zero-order valence-corrected chi connectivity index (χ0v) is 18.5. The molecule has 2 rings (SSSR count). The Labute approximate surface area is 178 Å². The van der Waals surface area contributed by atoms with Crippen molar-refractivity contribution in [3.63, 3.8) is 0 Å². The normalized spacial score (nSPS) is 18.2. The summed E-state index contributed by atoms with van der Waals surface area (Å²) in [6, 6.07) is 5.62. The minimum absolute atomic E-state index is 0.122. The van der Waals surface area contributed by atoms with E-state index in [4.69, 9.17) is 0 Å². The van der Waals surface area contributed by atoms with Gasteiger partial charge in [0.25, 0.3) is 5.69 Å². The predicted octanol–water partition coefficient (Wildman–Crippen LogP) is 1.30. The molecule has 11 heteroatoms. The summed E-state index contributed by atoms with van der Waals surface area (Å²) in [5.41, 5.74) is -0.264. The molecule has 0 spiro atoms. The van der Waals surface area contributed by atoms with Crippen LogP contribution in [0.1, 0.15) is 32.6 Å². The van der Waals surface area contributed by atoms with Crippen LogP contribution in [0.3, 0.4) is 0 Å². The number of guanidine groups is 1. The van der Waals surface area contributed by atoms with Crippen molar-refractivity contribution in [1.29, 1.82) is 0 Å². The molecule has 1 aliphatic heterocycles. The van der Waals surface area contributed by atoms with Crippen LogP contribution in [0.5, 0.6) is 0 Å². The average Bonchev–Trinajstić information content (AvgIpc) is 2.73. The molecule has 1 saturated heterocycles. The van der Waals surface area contributed by atoms with Gasteiger partial charge >= 0.3 is 0 Å². The lowest BCUT2D eigenvalue weighted by molar-refractivity contribution is -0.385. The largest absolute Gasteiger partial charge is 0.356 e. The third kappa shape index (κ3) is 7.54. The third-order valence-corrected chi connectivity index (χ3v) is 6.59. The Hall–Kier alpha value is -2.24. The fraction of sp³-hybridized carbons (Fsp3) is 0.632. The van der Waals surface area contributed by atoms with Crippen molar-refractivity contribution in [1.82, 2.24) is 20.3 Å². The minimum Gasteiger partial charge on any atom is -0.356 e. The van der Waals surface area contributed by atoms with Gasteiger partial charge in [0.05, 0.1) is 9.82 Å². The molecule has 3 N–H and O–H groups in total. The summed E-state index contributed by atoms with van der Waals surface area (Å²) in [5, 5.41) is 17.1. The number of nitro benzene ring substituents is 1. The molecule has 1 heterocycles. The highest BCUT2D eigenvalue weighted by Gasteiger charge is 2.18. The number of nitrogens with one attached hydrogen (secondary N) is 3. The zero-order chi connectivity index (χ0) is 22.0. The lowest BCUT2D eigenvalue weighted by atomic mass is 10.0. The van der Waals surface area contributed by atoms with Crippen molar-refractivity contribution in [2.24, 2.45) is 4.99 Å². The minimum atomic E-state index is -3.82. The fourth-order valence-corrected chi connectivity index (χ4v) is 4.48. The third-order valence-electron chi connectivity index (χ3n) is 5.13. The van der Waals surface area contributed by atoms with Crippen LogP contribution in [0.15, 0.2) is 34.2 Å². The number of rotatable bonds is 10. The molecule has 168 valence electrons. The molecule has 30 heavy (non-hydrogen) atoms. The van der Waals surface area contributed by atoms with E-state index >= 15 is 0 Å². The van der Waals surface area contributed by atoms with Crippen molar-refractivity contribution in [2.45, 2.75) is 43.5 Å². The molecule has 0 bridgehead atoms. The first-order chi connectivity index (χ1) is 14.3. The van der Waals surface area contributed by atoms with Crippen LogP contribution in [0, 0.1) is 10.1 Å². The van der Waals surface area contributed by atoms with Gasteiger partial charge in [-0.3, -0.25) is 15.1 Å². The molecule has 0 radical (unpaired) electrons. The highest BCUT2D eigenvalue weighted by Crippen LogP contribution is 2.17. The van der Waals surface area contributed by atoms with Gasteiger partial charge in [0.2, 0.25) is 10.0 Å². The molecule has 0 aromatic heterocycles. The Morgan fingerprint density at radius 1 is 1.27 bits per heavy atom. The van der Waals surface area contributed by atoms with Crippen LogP contribution in [-0.4, -0.2) is 70.0 Å². The number of aliphatic imine (C=N–C) groups is 1. The zero-order valence-electron chi connectivity index (χ0n) is 17.6. The number of likely N-dealkylation sites (tertiary alicyclic amines) is 1. The standard InChI is InChI=1S/C19H32N6O4S/c1-16-7-3-4-13-24(16)14-6-10-21-19(20-2)22-11-12-23-30(28,29)18-9-5-8-17(15-18)25(26)27/h5,8-9,15-16,23H,3-4,6-7,10-14H2,1-2H3,(H2,20,21,22). The fourth-order valence-electron chi connectivity index (χ4n) is 3.41. The highest BCUT2D eigenvalue weighted by molar-refractivity contribution is 7.89. The van der Waals surface area contributed by atoms with Gasteiger partial charge in [-0.05, 0) is 38.8 Å². The van der Waals surface area contributed by atoms with Gasteiger partial charge < -0.3 is 15.5 Å². The SMILES string of the molecule is CN=C(NCCCN1CCCCC1C)NCCNS(=O)(=O)c1cccc([N+](=O)[O-])c1. The number of hydrogen-bond donors (Lipinski definition) is 3. The van der Waals surface area contributed by atoms with Gasteiger partial charge in [-0.2, -0.15) is 0 Å². The van der Waals surface area contributed by atoms with Crippen LogP contribution < -0.4 is 15.4 Å². The first kappa shape index (κ1) is 24.0. The Morgan fingerprint density at radius 3 is 2.73 bits per heavy atom. The Balaban J connectivity index is 1.69. The first-order valence-corrected chi connectivity index (χ1v) is 11.7. The molecule has 0 saturated carbocycles. The molecule has 10 nitrogen and oxygen atoms in total. The van der Waals surface area contributed by atoms with Crippen molar-refractivity contribution in [2.75, 3.05) is 39.8 Å². The van der Waals surface area contributed by atoms with Crippen LogP contribution in [0.4, 0.5) is 5.69 Å². The quantitative estimate of drug-likeness (QED) is 0.164. The maximum absolute atomic E-state index is 12.3. The molecule has 0 aliphatic carbocycles. The number of nitrogens with zero attached hydrogens (tertiary/aromatic N) is 3. The van der Waals surface area contributed by atoms with Crippen molar-refractivity contribution < 1.29 is 13.3 Å². The van der Waals surface area contributed by atoms with Crippen LogP contribution in [0.25, 0.3) is 0 Å². The van der Waals surface area contributed by atoms with Gasteiger partial charge in [0.1, 0.15) is 0 Å².